The maximum atomic E-state index is 11.6. The van der Waals surface area contributed by atoms with Crippen molar-refractivity contribution in [1.82, 2.24) is 0 Å². The number of carbonyl (C=O) groups is 2. The fraction of sp³-hybridized carbons (Fsp3) is 0.852. The van der Waals surface area contributed by atoms with Crippen molar-refractivity contribution >= 4 is 28.1 Å². The molecule has 194 valence electrons. The Morgan fingerprint density at radius 2 is 1.12 bits per heavy atom. The molecular formula is C27H49BrO5. The largest absolute Gasteiger partial charge is 0.508 e. The second-order valence-electron chi connectivity index (χ2n) is 8.89. The van der Waals surface area contributed by atoms with Crippen molar-refractivity contribution in [2.24, 2.45) is 0 Å². The molecule has 0 radical (unpaired) electrons. The van der Waals surface area contributed by atoms with Crippen molar-refractivity contribution in [3.05, 3.63) is 12.2 Å². The summed E-state index contributed by atoms with van der Waals surface area (Å²) in [5.41, 5.74) is 0.539. The SMILES string of the molecule is C=C(COC(=O)CCCCCBr)COC(=O)OCCCCCCCCCCCCCCCC. The molecule has 0 N–H and O–H groups in total. The highest BCUT2D eigenvalue weighted by Crippen LogP contribution is 2.13. The minimum absolute atomic E-state index is 0.00837. The third-order valence-electron chi connectivity index (χ3n) is 5.56. The Bertz CT molecular complexity index is 481. The van der Waals surface area contributed by atoms with Gasteiger partial charge in [0.25, 0.3) is 0 Å². The van der Waals surface area contributed by atoms with Crippen LogP contribution in [-0.4, -0.2) is 37.3 Å². The number of rotatable bonds is 24. The predicted octanol–water partition coefficient (Wildman–Crippen LogP) is 8.68. The Kier molecular flexibility index (Phi) is 24.8. The molecule has 0 aromatic carbocycles. The molecule has 0 fully saturated rings. The molecule has 33 heavy (non-hydrogen) atoms. The van der Waals surface area contributed by atoms with Crippen LogP contribution in [0.3, 0.4) is 0 Å². The van der Waals surface area contributed by atoms with Crippen molar-refractivity contribution in [2.45, 2.75) is 122 Å². The number of esters is 1. The van der Waals surface area contributed by atoms with Gasteiger partial charge >= 0.3 is 12.1 Å². The molecule has 0 atom stereocenters. The van der Waals surface area contributed by atoms with Gasteiger partial charge in [-0.1, -0.05) is 119 Å². The van der Waals surface area contributed by atoms with Crippen LogP contribution in [0.15, 0.2) is 12.2 Å². The van der Waals surface area contributed by atoms with Gasteiger partial charge in [-0.25, -0.2) is 4.79 Å². The topological polar surface area (TPSA) is 61.8 Å². The summed E-state index contributed by atoms with van der Waals surface area (Å²) in [7, 11) is 0. The number of halogens is 1. The van der Waals surface area contributed by atoms with Crippen LogP contribution in [0.25, 0.3) is 0 Å². The van der Waals surface area contributed by atoms with E-state index < -0.39 is 6.16 Å². The van der Waals surface area contributed by atoms with E-state index in [0.717, 1.165) is 37.4 Å². The summed E-state index contributed by atoms with van der Waals surface area (Å²) in [5.74, 6) is -0.244. The van der Waals surface area contributed by atoms with E-state index in [0.29, 0.717) is 18.6 Å². The molecule has 0 amide bonds. The van der Waals surface area contributed by atoms with Crippen LogP contribution in [-0.2, 0) is 19.0 Å². The Morgan fingerprint density at radius 3 is 1.67 bits per heavy atom. The monoisotopic (exact) mass is 532 g/mol. The second-order valence-corrected chi connectivity index (χ2v) is 9.69. The molecule has 0 bridgehead atoms. The first-order valence-corrected chi connectivity index (χ1v) is 14.4. The molecule has 0 saturated carbocycles. The predicted molar refractivity (Wildman–Crippen MR) is 140 cm³/mol. The third kappa shape index (κ3) is 25.4. The summed E-state index contributed by atoms with van der Waals surface area (Å²) in [6.45, 7) is 6.49. The van der Waals surface area contributed by atoms with Gasteiger partial charge in [0.2, 0.25) is 0 Å². The molecule has 0 aromatic rings. The zero-order valence-corrected chi connectivity index (χ0v) is 22.8. The van der Waals surface area contributed by atoms with E-state index in [4.69, 9.17) is 14.2 Å². The maximum absolute atomic E-state index is 11.6. The molecule has 6 heteroatoms. The van der Waals surface area contributed by atoms with Crippen LogP contribution in [0.1, 0.15) is 122 Å². The molecule has 0 aliphatic carbocycles. The highest BCUT2D eigenvalue weighted by atomic mass is 79.9. The maximum Gasteiger partial charge on any atom is 0.508 e. The summed E-state index contributed by atoms with van der Waals surface area (Å²) in [6.07, 6.45) is 20.7. The first kappa shape index (κ1) is 32.0. The Labute approximate surface area is 211 Å². The molecule has 0 rings (SSSR count). The number of hydrogen-bond donors (Lipinski definition) is 0. The van der Waals surface area contributed by atoms with Crippen LogP contribution in [0.2, 0.25) is 0 Å². The molecule has 0 aliphatic rings. The molecular weight excluding hydrogens is 484 g/mol. The van der Waals surface area contributed by atoms with E-state index in [1.807, 2.05) is 0 Å². The average molecular weight is 534 g/mol. The van der Waals surface area contributed by atoms with E-state index in [-0.39, 0.29) is 19.2 Å². The Balaban J connectivity index is 3.37. The number of unbranched alkanes of at least 4 members (excludes halogenated alkanes) is 15. The van der Waals surface area contributed by atoms with Gasteiger partial charge < -0.3 is 14.2 Å². The van der Waals surface area contributed by atoms with Crippen LogP contribution < -0.4 is 0 Å². The van der Waals surface area contributed by atoms with E-state index in [9.17, 15) is 9.59 Å². The van der Waals surface area contributed by atoms with Crippen molar-refractivity contribution in [3.63, 3.8) is 0 Å². The number of hydrogen-bond acceptors (Lipinski definition) is 5. The highest BCUT2D eigenvalue weighted by Gasteiger charge is 2.08. The lowest BCUT2D eigenvalue weighted by atomic mass is 10.0. The average Bonchev–Trinajstić information content (AvgIpc) is 2.81. The van der Waals surface area contributed by atoms with Gasteiger partial charge in [0, 0.05) is 11.8 Å². The fourth-order valence-electron chi connectivity index (χ4n) is 3.49. The van der Waals surface area contributed by atoms with Crippen molar-refractivity contribution in [2.75, 3.05) is 25.2 Å². The minimum Gasteiger partial charge on any atom is -0.461 e. The molecule has 0 aromatic heterocycles. The summed E-state index contributed by atoms with van der Waals surface area (Å²) < 4.78 is 15.2. The summed E-state index contributed by atoms with van der Waals surface area (Å²) in [4.78, 5) is 23.2. The third-order valence-corrected chi connectivity index (χ3v) is 6.12. The first-order chi connectivity index (χ1) is 16.1. The zero-order chi connectivity index (χ0) is 24.4. The number of ether oxygens (including phenoxy) is 3. The van der Waals surface area contributed by atoms with Gasteiger partial charge in [0.15, 0.2) is 0 Å². The van der Waals surface area contributed by atoms with Crippen LogP contribution in [0, 0.1) is 0 Å². The van der Waals surface area contributed by atoms with Gasteiger partial charge in [0.1, 0.15) is 13.2 Å². The van der Waals surface area contributed by atoms with E-state index in [2.05, 4.69) is 29.4 Å². The van der Waals surface area contributed by atoms with E-state index in [1.165, 1.54) is 77.0 Å². The fourth-order valence-corrected chi connectivity index (χ4v) is 3.89. The standard InChI is InChI=1S/C27H49BrO5/c1-3-4-5-6-7-8-9-10-11-12-13-14-15-19-22-31-27(30)33-24-25(2)23-32-26(29)20-17-16-18-21-28/h2-24H2,1H3. The molecule has 0 saturated heterocycles. The zero-order valence-electron chi connectivity index (χ0n) is 21.2. The van der Waals surface area contributed by atoms with Crippen LogP contribution >= 0.6 is 15.9 Å². The molecule has 0 spiro atoms. The van der Waals surface area contributed by atoms with Gasteiger partial charge in [-0.2, -0.15) is 0 Å². The normalized spacial score (nSPS) is 10.7. The Hall–Kier alpha value is -1.04. The van der Waals surface area contributed by atoms with Gasteiger partial charge in [0.05, 0.1) is 6.61 Å². The van der Waals surface area contributed by atoms with Crippen molar-refractivity contribution in [1.29, 1.82) is 0 Å². The molecule has 0 unspecified atom stereocenters. The van der Waals surface area contributed by atoms with Gasteiger partial charge in [-0.3, -0.25) is 4.79 Å². The lowest BCUT2D eigenvalue weighted by molar-refractivity contribution is -0.142. The van der Waals surface area contributed by atoms with Crippen molar-refractivity contribution < 1.29 is 23.8 Å². The number of alkyl halides is 1. The first-order valence-electron chi connectivity index (χ1n) is 13.3. The summed E-state index contributed by atoms with van der Waals surface area (Å²) in [6, 6.07) is 0. The summed E-state index contributed by atoms with van der Waals surface area (Å²) in [5, 5.41) is 0.950. The van der Waals surface area contributed by atoms with Gasteiger partial charge in [-0.05, 0) is 24.8 Å². The summed E-state index contributed by atoms with van der Waals surface area (Å²) >= 11 is 3.36. The minimum atomic E-state index is -0.688. The second kappa shape index (κ2) is 25.6. The lowest BCUT2D eigenvalue weighted by Gasteiger charge is -2.09. The molecule has 0 aliphatic heterocycles. The lowest BCUT2D eigenvalue weighted by Crippen LogP contribution is -2.14. The van der Waals surface area contributed by atoms with Crippen molar-refractivity contribution in [3.8, 4) is 0 Å². The van der Waals surface area contributed by atoms with E-state index in [1.54, 1.807) is 0 Å². The molecule has 5 nitrogen and oxygen atoms in total. The van der Waals surface area contributed by atoms with E-state index >= 15 is 0 Å². The smallest absolute Gasteiger partial charge is 0.461 e. The number of carbonyl (C=O) groups excluding carboxylic acids is 2. The van der Waals surface area contributed by atoms with Crippen LogP contribution in [0.5, 0.6) is 0 Å². The molecule has 0 heterocycles. The van der Waals surface area contributed by atoms with Crippen LogP contribution in [0.4, 0.5) is 4.79 Å². The van der Waals surface area contributed by atoms with Gasteiger partial charge in [-0.15, -0.1) is 0 Å². The quantitative estimate of drug-likeness (QED) is 0.0538. The Morgan fingerprint density at radius 1 is 0.636 bits per heavy atom. The highest BCUT2D eigenvalue weighted by molar-refractivity contribution is 9.09.